The molecule has 2 unspecified atom stereocenters. The predicted octanol–water partition coefficient (Wildman–Crippen LogP) is 17.8. The maximum Gasteiger partial charge on any atom is 0.220 e. The SMILES string of the molecule is CCCCCCCCCCCCCCCCCCCCCCCCCCCCC/C=C/C(O)C(CO)NC(=O)CCCCCCCCCCCCCCCCCCCC. The van der Waals surface area contributed by atoms with Gasteiger partial charge < -0.3 is 15.5 Å². The number of rotatable bonds is 51. The van der Waals surface area contributed by atoms with Crippen LogP contribution in [-0.4, -0.2) is 34.9 Å². The van der Waals surface area contributed by atoms with Gasteiger partial charge in [0, 0.05) is 6.42 Å². The summed E-state index contributed by atoms with van der Waals surface area (Å²) in [6.45, 7) is 4.35. The fraction of sp³-hybridized carbons (Fsp3) is 0.945. The highest BCUT2D eigenvalue weighted by molar-refractivity contribution is 5.76. The molecule has 4 heteroatoms. The summed E-state index contributed by atoms with van der Waals surface area (Å²) in [6.07, 6.45) is 66.6. The molecule has 0 aliphatic rings. The van der Waals surface area contributed by atoms with Crippen LogP contribution >= 0.6 is 0 Å². The van der Waals surface area contributed by atoms with Crippen molar-refractivity contribution in [3.05, 3.63) is 12.2 Å². The van der Waals surface area contributed by atoms with Crippen molar-refractivity contribution < 1.29 is 15.0 Å². The first kappa shape index (κ1) is 58.1. The number of unbranched alkanes of at least 4 members (excludes halogenated alkanes) is 44. The fourth-order valence-electron chi connectivity index (χ4n) is 8.83. The molecule has 0 spiro atoms. The van der Waals surface area contributed by atoms with Gasteiger partial charge in [0.1, 0.15) is 0 Å². The minimum atomic E-state index is -0.835. The van der Waals surface area contributed by atoms with Gasteiger partial charge in [-0.2, -0.15) is 0 Å². The Morgan fingerprint density at radius 2 is 0.627 bits per heavy atom. The Kier molecular flexibility index (Phi) is 50.7. The molecule has 0 radical (unpaired) electrons. The van der Waals surface area contributed by atoms with Crippen LogP contribution < -0.4 is 5.32 Å². The Morgan fingerprint density at radius 1 is 0.390 bits per heavy atom. The van der Waals surface area contributed by atoms with Gasteiger partial charge in [-0.3, -0.25) is 4.79 Å². The number of carbonyl (C=O) groups is 1. The third-order valence-corrected chi connectivity index (χ3v) is 13.0. The van der Waals surface area contributed by atoms with E-state index < -0.39 is 12.1 Å². The Morgan fingerprint density at radius 3 is 0.881 bits per heavy atom. The second kappa shape index (κ2) is 51.5. The van der Waals surface area contributed by atoms with Crippen molar-refractivity contribution in [2.75, 3.05) is 6.61 Å². The summed E-state index contributed by atoms with van der Waals surface area (Å²) in [5.74, 6) is -0.0569. The third-order valence-electron chi connectivity index (χ3n) is 13.0. The number of hydrogen-bond donors (Lipinski definition) is 3. The monoisotopic (exact) mass is 832 g/mol. The summed E-state index contributed by atoms with van der Waals surface area (Å²) in [6, 6.07) is -0.618. The highest BCUT2D eigenvalue weighted by Gasteiger charge is 2.18. The molecule has 0 rings (SSSR count). The fourth-order valence-corrected chi connectivity index (χ4v) is 8.83. The zero-order chi connectivity index (χ0) is 42.8. The van der Waals surface area contributed by atoms with Gasteiger partial charge in [-0.25, -0.2) is 0 Å². The van der Waals surface area contributed by atoms with Crippen LogP contribution in [0.15, 0.2) is 12.2 Å². The Labute approximate surface area is 371 Å². The van der Waals surface area contributed by atoms with Gasteiger partial charge in [-0.05, 0) is 19.3 Å². The average molecular weight is 832 g/mol. The van der Waals surface area contributed by atoms with Crippen LogP contribution in [0.1, 0.15) is 316 Å². The Bertz CT molecular complexity index is 814. The lowest BCUT2D eigenvalue weighted by molar-refractivity contribution is -0.123. The summed E-state index contributed by atoms with van der Waals surface area (Å²) < 4.78 is 0. The minimum absolute atomic E-state index is 0.0569. The molecule has 352 valence electrons. The lowest BCUT2D eigenvalue weighted by Gasteiger charge is -2.20. The molecule has 0 fully saturated rings. The molecular weight excluding hydrogens is 723 g/mol. The summed E-state index contributed by atoms with van der Waals surface area (Å²) in [7, 11) is 0. The molecule has 0 aromatic heterocycles. The first-order chi connectivity index (χ1) is 29.2. The molecule has 0 aromatic rings. The molecule has 0 aliphatic heterocycles. The topological polar surface area (TPSA) is 69.6 Å². The van der Waals surface area contributed by atoms with E-state index in [-0.39, 0.29) is 12.5 Å². The highest BCUT2D eigenvalue weighted by Crippen LogP contribution is 2.18. The number of aliphatic hydroxyl groups excluding tert-OH is 2. The van der Waals surface area contributed by atoms with Crippen molar-refractivity contribution >= 4 is 5.91 Å². The molecule has 0 aromatic carbocycles. The van der Waals surface area contributed by atoms with Crippen molar-refractivity contribution in [3.63, 3.8) is 0 Å². The zero-order valence-electron chi connectivity index (χ0n) is 40.6. The molecule has 0 saturated carbocycles. The average Bonchev–Trinajstić information content (AvgIpc) is 3.24. The van der Waals surface area contributed by atoms with Gasteiger partial charge >= 0.3 is 0 Å². The molecular formula is C55H109NO3. The maximum atomic E-state index is 12.4. The normalized spacial score (nSPS) is 12.8. The minimum Gasteiger partial charge on any atom is -0.394 e. The molecule has 1 amide bonds. The van der Waals surface area contributed by atoms with Crippen LogP contribution in [0, 0.1) is 0 Å². The van der Waals surface area contributed by atoms with E-state index in [1.54, 1.807) is 6.08 Å². The molecule has 2 atom stereocenters. The smallest absolute Gasteiger partial charge is 0.220 e. The third kappa shape index (κ3) is 48.0. The van der Waals surface area contributed by atoms with Crippen LogP contribution in [0.25, 0.3) is 0 Å². The first-order valence-corrected chi connectivity index (χ1v) is 27.4. The van der Waals surface area contributed by atoms with Gasteiger partial charge in [0.25, 0.3) is 0 Å². The van der Waals surface area contributed by atoms with Crippen LogP contribution in [0.3, 0.4) is 0 Å². The number of amides is 1. The van der Waals surface area contributed by atoms with Crippen LogP contribution in [0.2, 0.25) is 0 Å². The van der Waals surface area contributed by atoms with Gasteiger partial charge in [-0.15, -0.1) is 0 Å². The Hall–Kier alpha value is -0.870. The van der Waals surface area contributed by atoms with Crippen molar-refractivity contribution in [2.24, 2.45) is 0 Å². The molecule has 0 bridgehead atoms. The summed E-state index contributed by atoms with van der Waals surface area (Å²) in [4.78, 5) is 12.4. The summed E-state index contributed by atoms with van der Waals surface area (Å²) in [5, 5.41) is 23.2. The van der Waals surface area contributed by atoms with Gasteiger partial charge in [-0.1, -0.05) is 302 Å². The van der Waals surface area contributed by atoms with Gasteiger partial charge in [0.05, 0.1) is 18.8 Å². The van der Waals surface area contributed by atoms with Gasteiger partial charge in [0.2, 0.25) is 5.91 Å². The van der Waals surface area contributed by atoms with Crippen LogP contribution in [0.5, 0.6) is 0 Å². The molecule has 0 saturated heterocycles. The number of hydrogen-bond acceptors (Lipinski definition) is 3. The number of nitrogens with one attached hydrogen (secondary N) is 1. The summed E-state index contributed by atoms with van der Waals surface area (Å²) in [5.41, 5.74) is 0. The highest BCUT2D eigenvalue weighted by atomic mass is 16.3. The number of carbonyl (C=O) groups excluding carboxylic acids is 1. The summed E-state index contributed by atoms with van der Waals surface area (Å²) >= 11 is 0. The van der Waals surface area contributed by atoms with Crippen LogP contribution in [-0.2, 0) is 4.79 Å². The van der Waals surface area contributed by atoms with Crippen LogP contribution in [0.4, 0.5) is 0 Å². The van der Waals surface area contributed by atoms with E-state index in [0.717, 1.165) is 25.7 Å². The van der Waals surface area contributed by atoms with E-state index in [1.807, 2.05) is 6.08 Å². The maximum absolute atomic E-state index is 12.4. The number of aliphatic hydroxyl groups is 2. The predicted molar refractivity (Wildman–Crippen MR) is 263 cm³/mol. The van der Waals surface area contributed by atoms with Crippen molar-refractivity contribution in [2.45, 2.75) is 328 Å². The standard InChI is InChI=1S/C55H109NO3/c1-3-5-7-9-11-13-15-17-19-21-23-24-25-26-27-28-29-30-31-32-33-34-36-38-40-42-44-46-48-50-54(58)53(52-57)56-55(59)51-49-47-45-43-41-39-37-35-22-20-18-16-14-12-10-8-6-4-2/h48,50,53-54,57-58H,3-47,49,51-52H2,1-2H3,(H,56,59)/b50-48+. The molecule has 3 N–H and O–H groups in total. The zero-order valence-corrected chi connectivity index (χ0v) is 40.6. The van der Waals surface area contributed by atoms with E-state index in [4.69, 9.17) is 0 Å². The second-order valence-electron chi connectivity index (χ2n) is 19.0. The molecule has 4 nitrogen and oxygen atoms in total. The second-order valence-corrected chi connectivity index (χ2v) is 19.0. The van der Waals surface area contributed by atoms with Crippen molar-refractivity contribution in [3.8, 4) is 0 Å². The van der Waals surface area contributed by atoms with E-state index in [2.05, 4.69) is 19.2 Å². The molecule has 59 heavy (non-hydrogen) atoms. The Balaban J connectivity index is 3.44. The lowest BCUT2D eigenvalue weighted by Crippen LogP contribution is -2.45. The number of allylic oxidation sites excluding steroid dienone is 1. The van der Waals surface area contributed by atoms with Crippen molar-refractivity contribution in [1.29, 1.82) is 0 Å². The largest absolute Gasteiger partial charge is 0.394 e. The van der Waals surface area contributed by atoms with E-state index in [0.29, 0.717) is 6.42 Å². The lowest BCUT2D eigenvalue weighted by atomic mass is 10.0. The van der Waals surface area contributed by atoms with E-state index >= 15 is 0 Å². The first-order valence-electron chi connectivity index (χ1n) is 27.4. The molecule has 0 aliphatic carbocycles. The van der Waals surface area contributed by atoms with Gasteiger partial charge in [0.15, 0.2) is 0 Å². The van der Waals surface area contributed by atoms with E-state index in [1.165, 1.54) is 270 Å². The molecule has 0 heterocycles. The quantitative estimate of drug-likeness (QED) is 0.0422. The van der Waals surface area contributed by atoms with E-state index in [9.17, 15) is 15.0 Å². The van der Waals surface area contributed by atoms with Crippen molar-refractivity contribution in [1.82, 2.24) is 5.32 Å².